The average Bonchev–Trinajstić information content (AvgIpc) is 3.31. The summed E-state index contributed by atoms with van der Waals surface area (Å²) >= 11 is 0. The second-order valence-corrected chi connectivity index (χ2v) is 8.32. The van der Waals surface area contributed by atoms with Crippen molar-refractivity contribution in [3.05, 3.63) is 65.2 Å². The molecular formula is C24H30O6. The molecule has 1 saturated carbocycles. The van der Waals surface area contributed by atoms with Gasteiger partial charge in [-0.05, 0) is 41.5 Å². The highest BCUT2D eigenvalue weighted by atomic mass is 16.7. The van der Waals surface area contributed by atoms with E-state index >= 15 is 0 Å². The number of hydrogen-bond acceptors (Lipinski definition) is 6. The summed E-state index contributed by atoms with van der Waals surface area (Å²) < 4.78 is 11.4. The van der Waals surface area contributed by atoms with Gasteiger partial charge in [-0.25, -0.2) is 0 Å². The molecule has 4 N–H and O–H groups in total. The van der Waals surface area contributed by atoms with E-state index < -0.39 is 37.3 Å². The van der Waals surface area contributed by atoms with E-state index in [1.807, 2.05) is 18.2 Å². The van der Waals surface area contributed by atoms with Crippen molar-refractivity contribution >= 4 is 0 Å². The molecule has 1 saturated heterocycles. The van der Waals surface area contributed by atoms with Crippen LogP contribution < -0.4 is 4.74 Å². The molecular weight excluding hydrogens is 384 g/mol. The zero-order chi connectivity index (χ0) is 21.1. The molecule has 0 spiro atoms. The number of rotatable bonds is 6. The maximum Gasteiger partial charge on any atom is 0.229 e. The first-order valence-electron chi connectivity index (χ1n) is 10.7. The monoisotopic (exact) mass is 414 g/mol. The first-order chi connectivity index (χ1) is 14.6. The van der Waals surface area contributed by atoms with Crippen molar-refractivity contribution in [1.29, 1.82) is 0 Å². The molecule has 4 rings (SSSR count). The van der Waals surface area contributed by atoms with Gasteiger partial charge in [-0.3, -0.25) is 0 Å². The largest absolute Gasteiger partial charge is 0.462 e. The fraction of sp³-hybridized carbons (Fsp3) is 0.500. The maximum atomic E-state index is 10.3. The van der Waals surface area contributed by atoms with Crippen LogP contribution in [0.15, 0.2) is 48.5 Å². The van der Waals surface area contributed by atoms with Gasteiger partial charge in [-0.1, -0.05) is 55.3 Å². The number of hydrogen-bond donors (Lipinski definition) is 4. The summed E-state index contributed by atoms with van der Waals surface area (Å²) in [6.07, 6.45) is -0.654. The minimum Gasteiger partial charge on any atom is -0.462 e. The first-order valence-corrected chi connectivity index (χ1v) is 10.7. The molecule has 0 unspecified atom stereocenters. The normalized spacial score (nSPS) is 29.8. The van der Waals surface area contributed by atoms with Crippen molar-refractivity contribution in [2.24, 2.45) is 0 Å². The second-order valence-electron chi connectivity index (χ2n) is 8.32. The predicted molar refractivity (Wildman–Crippen MR) is 111 cm³/mol. The van der Waals surface area contributed by atoms with Gasteiger partial charge in [0.15, 0.2) is 0 Å². The maximum absolute atomic E-state index is 10.3. The van der Waals surface area contributed by atoms with E-state index in [0.717, 1.165) is 11.1 Å². The van der Waals surface area contributed by atoms with Crippen molar-refractivity contribution in [3.8, 4) is 5.75 Å². The van der Waals surface area contributed by atoms with E-state index in [9.17, 15) is 20.4 Å². The van der Waals surface area contributed by atoms with Crippen LogP contribution in [0.2, 0.25) is 0 Å². The average molecular weight is 414 g/mol. The predicted octanol–water partition coefficient (Wildman–Crippen LogP) is 2.11. The van der Waals surface area contributed by atoms with Gasteiger partial charge in [-0.15, -0.1) is 0 Å². The minimum atomic E-state index is -1.46. The SMILES string of the molecule is OC[C@H]1O[C@@H](Oc2ccccc2Cc2ccc(C3CCCC3)cc2)[C@H](O)[C@@H](O)[C@@H]1O. The first kappa shape index (κ1) is 21.3. The van der Waals surface area contributed by atoms with Gasteiger partial charge in [0.2, 0.25) is 6.29 Å². The van der Waals surface area contributed by atoms with Crippen LogP contribution >= 0.6 is 0 Å². The Labute approximate surface area is 176 Å². The Bertz CT molecular complexity index is 815. The molecule has 2 aliphatic rings. The fourth-order valence-corrected chi connectivity index (χ4v) is 4.44. The molecule has 5 atom stereocenters. The minimum absolute atomic E-state index is 0.486. The fourth-order valence-electron chi connectivity index (χ4n) is 4.44. The van der Waals surface area contributed by atoms with Gasteiger partial charge in [-0.2, -0.15) is 0 Å². The molecule has 0 aromatic heterocycles. The van der Waals surface area contributed by atoms with Gasteiger partial charge < -0.3 is 29.9 Å². The van der Waals surface area contributed by atoms with E-state index in [2.05, 4.69) is 24.3 Å². The highest BCUT2D eigenvalue weighted by Crippen LogP contribution is 2.34. The number of para-hydroxylation sites is 1. The summed E-state index contributed by atoms with van der Waals surface area (Å²) in [6.45, 7) is -0.486. The lowest BCUT2D eigenvalue weighted by Gasteiger charge is -2.39. The summed E-state index contributed by atoms with van der Waals surface area (Å²) in [5.74, 6) is 1.21. The van der Waals surface area contributed by atoms with E-state index in [1.54, 1.807) is 6.07 Å². The van der Waals surface area contributed by atoms with E-state index in [1.165, 1.54) is 31.2 Å². The number of ether oxygens (including phenoxy) is 2. The summed E-state index contributed by atoms with van der Waals surface area (Å²) in [6, 6.07) is 16.2. The smallest absolute Gasteiger partial charge is 0.229 e. The molecule has 1 heterocycles. The van der Waals surface area contributed by atoms with Crippen molar-refractivity contribution < 1.29 is 29.9 Å². The number of aliphatic hydroxyl groups is 4. The Morgan fingerprint density at radius 2 is 1.57 bits per heavy atom. The van der Waals surface area contributed by atoms with Crippen molar-refractivity contribution in [2.45, 2.75) is 68.7 Å². The Morgan fingerprint density at radius 3 is 2.27 bits per heavy atom. The van der Waals surface area contributed by atoms with Gasteiger partial charge in [0.25, 0.3) is 0 Å². The Hall–Kier alpha value is -1.96. The number of benzene rings is 2. The summed E-state index contributed by atoms with van der Waals surface area (Å²) in [5.41, 5.74) is 3.48. The summed E-state index contributed by atoms with van der Waals surface area (Å²) in [7, 11) is 0. The van der Waals surface area contributed by atoms with Crippen LogP contribution in [0.1, 0.15) is 48.3 Å². The molecule has 2 aromatic carbocycles. The zero-order valence-corrected chi connectivity index (χ0v) is 16.9. The lowest BCUT2D eigenvalue weighted by atomic mass is 9.95. The van der Waals surface area contributed by atoms with Crippen LogP contribution in [0.25, 0.3) is 0 Å². The van der Waals surface area contributed by atoms with Crippen LogP contribution in [0.5, 0.6) is 5.75 Å². The molecule has 6 nitrogen and oxygen atoms in total. The molecule has 0 amide bonds. The Balaban J connectivity index is 1.47. The van der Waals surface area contributed by atoms with E-state index in [0.29, 0.717) is 18.1 Å². The molecule has 2 aromatic rings. The lowest BCUT2D eigenvalue weighted by Crippen LogP contribution is -2.60. The summed E-state index contributed by atoms with van der Waals surface area (Å²) in [4.78, 5) is 0. The standard InChI is InChI=1S/C24H30O6/c25-14-20-21(26)22(27)23(28)24(30-20)29-19-8-4-3-7-18(19)13-15-9-11-17(12-10-15)16-5-1-2-6-16/h3-4,7-12,16,20-28H,1-2,5-6,13-14H2/t20-,21-,22+,23-,24-/m1/s1. The molecule has 30 heavy (non-hydrogen) atoms. The Morgan fingerprint density at radius 1 is 0.867 bits per heavy atom. The van der Waals surface area contributed by atoms with Crippen LogP contribution in [-0.4, -0.2) is 57.7 Å². The highest BCUT2D eigenvalue weighted by Gasteiger charge is 2.44. The van der Waals surface area contributed by atoms with Crippen LogP contribution in [-0.2, 0) is 11.2 Å². The zero-order valence-electron chi connectivity index (χ0n) is 16.9. The van der Waals surface area contributed by atoms with Crippen LogP contribution in [0.3, 0.4) is 0 Å². The molecule has 1 aliphatic heterocycles. The van der Waals surface area contributed by atoms with Crippen LogP contribution in [0, 0.1) is 0 Å². The van der Waals surface area contributed by atoms with Gasteiger partial charge in [0.1, 0.15) is 30.2 Å². The third-order valence-corrected chi connectivity index (χ3v) is 6.27. The van der Waals surface area contributed by atoms with Gasteiger partial charge >= 0.3 is 0 Å². The quantitative estimate of drug-likeness (QED) is 0.578. The third kappa shape index (κ3) is 4.53. The van der Waals surface area contributed by atoms with E-state index in [4.69, 9.17) is 9.47 Å². The second kappa shape index (κ2) is 9.45. The molecule has 0 bridgehead atoms. The topological polar surface area (TPSA) is 99.4 Å². The number of aliphatic hydroxyl groups excluding tert-OH is 4. The molecule has 1 aliphatic carbocycles. The van der Waals surface area contributed by atoms with Crippen molar-refractivity contribution in [2.75, 3.05) is 6.61 Å². The lowest BCUT2D eigenvalue weighted by molar-refractivity contribution is -0.277. The Kier molecular flexibility index (Phi) is 6.71. The van der Waals surface area contributed by atoms with Gasteiger partial charge in [0.05, 0.1) is 6.61 Å². The summed E-state index contributed by atoms with van der Waals surface area (Å²) in [5, 5.41) is 39.6. The van der Waals surface area contributed by atoms with Crippen LogP contribution in [0.4, 0.5) is 0 Å². The third-order valence-electron chi connectivity index (χ3n) is 6.27. The molecule has 6 heteroatoms. The van der Waals surface area contributed by atoms with Gasteiger partial charge in [0, 0.05) is 6.42 Å². The van der Waals surface area contributed by atoms with Crippen molar-refractivity contribution in [3.63, 3.8) is 0 Å². The molecule has 162 valence electrons. The van der Waals surface area contributed by atoms with Crippen molar-refractivity contribution in [1.82, 2.24) is 0 Å². The molecule has 0 radical (unpaired) electrons. The molecule has 2 fully saturated rings. The highest BCUT2D eigenvalue weighted by molar-refractivity contribution is 5.38. The van der Waals surface area contributed by atoms with E-state index in [-0.39, 0.29) is 0 Å².